The van der Waals surface area contributed by atoms with Gasteiger partial charge in [-0.3, -0.25) is 9.69 Å². The number of rotatable bonds is 6. The number of amides is 1. The van der Waals surface area contributed by atoms with Gasteiger partial charge >= 0.3 is 5.69 Å². The summed E-state index contributed by atoms with van der Waals surface area (Å²) in [7, 11) is 3.63. The average molecular weight is 415 g/mol. The third-order valence-electron chi connectivity index (χ3n) is 5.48. The molecule has 0 radical (unpaired) electrons. The number of aryl methyl sites for hydroxylation is 1. The number of carbonyl (C=O) groups is 1. The van der Waals surface area contributed by atoms with Gasteiger partial charge < -0.3 is 19.7 Å². The van der Waals surface area contributed by atoms with Crippen molar-refractivity contribution >= 4 is 5.91 Å². The Hall–Kier alpha value is -2.71. The Balaban J connectivity index is 1.59. The molecule has 1 fully saturated rings. The molecule has 0 bridgehead atoms. The van der Waals surface area contributed by atoms with E-state index in [1.165, 1.54) is 0 Å². The normalized spacial score (nSPS) is 19.6. The molecule has 2 aromatic rings. The van der Waals surface area contributed by atoms with Gasteiger partial charge in [-0.25, -0.2) is 4.79 Å². The van der Waals surface area contributed by atoms with Crippen molar-refractivity contribution in [1.82, 2.24) is 19.8 Å². The molecular weight excluding hydrogens is 384 g/mol. The smallest absolute Gasteiger partial charge is 0.345 e. The highest BCUT2D eigenvalue weighted by molar-refractivity contribution is 5.92. The van der Waals surface area contributed by atoms with E-state index in [1.807, 2.05) is 31.3 Å². The van der Waals surface area contributed by atoms with Crippen LogP contribution in [0.1, 0.15) is 41.0 Å². The highest BCUT2D eigenvalue weighted by Crippen LogP contribution is 2.25. The van der Waals surface area contributed by atoms with Crippen LogP contribution in [0.4, 0.5) is 0 Å². The first-order chi connectivity index (χ1) is 14.3. The molecule has 0 aliphatic carbocycles. The Morgan fingerprint density at radius 1 is 1.30 bits per heavy atom. The van der Waals surface area contributed by atoms with Gasteiger partial charge in [0.1, 0.15) is 11.4 Å². The number of aromatic amines is 1. The second-order valence-corrected chi connectivity index (χ2v) is 8.15. The number of likely N-dealkylation sites (tertiary alicyclic amines) is 1. The fourth-order valence-corrected chi connectivity index (χ4v) is 3.99. The van der Waals surface area contributed by atoms with Crippen molar-refractivity contribution in [2.45, 2.75) is 38.3 Å². The number of methoxy groups -OCH3 is 1. The quantitative estimate of drug-likeness (QED) is 0.745. The molecule has 0 saturated carbocycles. The molecule has 1 amide bonds. The number of aromatic nitrogens is 2. The number of benzene rings is 1. The summed E-state index contributed by atoms with van der Waals surface area (Å²) < 4.78 is 5.19. The molecule has 1 aliphatic heterocycles. The SMILES string of the molecule is COc1ccc(CN(C)CC2(O)CCCN(C(=O)c3cc(C)[nH]c(=O)n3)CC2)cc1. The van der Waals surface area contributed by atoms with Crippen LogP contribution in [0.5, 0.6) is 5.75 Å². The van der Waals surface area contributed by atoms with Crippen LogP contribution in [-0.4, -0.2) is 70.2 Å². The molecule has 30 heavy (non-hydrogen) atoms. The zero-order valence-electron chi connectivity index (χ0n) is 17.9. The molecule has 2 heterocycles. The van der Waals surface area contributed by atoms with E-state index in [9.17, 15) is 14.7 Å². The molecule has 3 rings (SSSR count). The minimum Gasteiger partial charge on any atom is -0.497 e. The van der Waals surface area contributed by atoms with Crippen molar-refractivity contribution in [3.05, 3.63) is 57.8 Å². The van der Waals surface area contributed by atoms with E-state index in [2.05, 4.69) is 14.9 Å². The summed E-state index contributed by atoms with van der Waals surface area (Å²) in [5.41, 5.74) is 0.504. The maximum Gasteiger partial charge on any atom is 0.345 e. The van der Waals surface area contributed by atoms with Gasteiger partial charge in [0.15, 0.2) is 0 Å². The first-order valence-electron chi connectivity index (χ1n) is 10.2. The molecule has 1 saturated heterocycles. The fraction of sp³-hybridized carbons (Fsp3) is 0.500. The average Bonchev–Trinajstić information content (AvgIpc) is 2.88. The van der Waals surface area contributed by atoms with E-state index in [4.69, 9.17) is 4.74 Å². The number of ether oxygens (including phenoxy) is 1. The molecule has 1 aromatic carbocycles. The van der Waals surface area contributed by atoms with Gasteiger partial charge in [-0.05, 0) is 57.0 Å². The standard InChI is InChI=1S/C22H30N4O4/c1-16-13-19(24-21(28)23-16)20(27)26-11-4-9-22(29,10-12-26)15-25(2)14-17-5-7-18(30-3)8-6-17/h5-8,13,29H,4,9-12,14-15H2,1-3H3,(H,23,24,28). The molecule has 0 spiro atoms. The van der Waals surface area contributed by atoms with Crippen LogP contribution >= 0.6 is 0 Å². The van der Waals surface area contributed by atoms with Crippen LogP contribution in [0.25, 0.3) is 0 Å². The predicted molar refractivity (Wildman–Crippen MR) is 114 cm³/mol. The van der Waals surface area contributed by atoms with Crippen molar-refractivity contribution in [3.63, 3.8) is 0 Å². The van der Waals surface area contributed by atoms with Crippen molar-refractivity contribution in [2.75, 3.05) is 33.8 Å². The molecule has 1 aliphatic rings. The third kappa shape index (κ3) is 5.67. The maximum atomic E-state index is 12.8. The molecule has 2 N–H and O–H groups in total. The molecule has 1 atom stereocenters. The Bertz CT molecular complexity index is 927. The lowest BCUT2D eigenvalue weighted by Crippen LogP contribution is -2.42. The van der Waals surface area contributed by atoms with E-state index in [0.29, 0.717) is 51.1 Å². The van der Waals surface area contributed by atoms with Crippen molar-refractivity contribution < 1.29 is 14.6 Å². The summed E-state index contributed by atoms with van der Waals surface area (Å²) in [6.07, 6.45) is 1.79. The summed E-state index contributed by atoms with van der Waals surface area (Å²) in [4.78, 5) is 34.5. The monoisotopic (exact) mass is 414 g/mol. The fourth-order valence-electron chi connectivity index (χ4n) is 3.99. The van der Waals surface area contributed by atoms with Crippen molar-refractivity contribution in [3.8, 4) is 5.75 Å². The van der Waals surface area contributed by atoms with Crippen LogP contribution < -0.4 is 10.4 Å². The molecular formula is C22H30N4O4. The second kappa shape index (κ2) is 9.40. The Kier molecular flexibility index (Phi) is 6.89. The summed E-state index contributed by atoms with van der Waals surface area (Å²) >= 11 is 0. The number of likely N-dealkylation sites (N-methyl/N-ethyl adjacent to an activating group) is 1. The number of hydrogen-bond acceptors (Lipinski definition) is 6. The number of carbonyl (C=O) groups excluding carboxylic acids is 1. The largest absolute Gasteiger partial charge is 0.497 e. The lowest BCUT2D eigenvalue weighted by molar-refractivity contribution is -0.00402. The van der Waals surface area contributed by atoms with Gasteiger partial charge in [0.25, 0.3) is 5.91 Å². The number of nitrogens with one attached hydrogen (secondary N) is 1. The van der Waals surface area contributed by atoms with Crippen molar-refractivity contribution in [2.24, 2.45) is 0 Å². The number of aliphatic hydroxyl groups is 1. The minimum absolute atomic E-state index is 0.151. The summed E-state index contributed by atoms with van der Waals surface area (Å²) in [6.45, 7) is 3.92. The minimum atomic E-state index is -0.867. The van der Waals surface area contributed by atoms with E-state index in [-0.39, 0.29) is 11.6 Å². The van der Waals surface area contributed by atoms with Gasteiger partial charge in [0, 0.05) is 31.9 Å². The summed E-state index contributed by atoms with van der Waals surface area (Å²) in [6, 6.07) is 9.48. The molecule has 1 unspecified atom stereocenters. The molecule has 1 aromatic heterocycles. The van der Waals surface area contributed by atoms with Gasteiger partial charge in [-0.1, -0.05) is 12.1 Å². The Labute approximate surface area is 176 Å². The number of H-pyrrole nitrogens is 1. The zero-order valence-corrected chi connectivity index (χ0v) is 17.9. The topological polar surface area (TPSA) is 98.8 Å². The highest BCUT2D eigenvalue weighted by atomic mass is 16.5. The highest BCUT2D eigenvalue weighted by Gasteiger charge is 2.33. The molecule has 8 heteroatoms. The van der Waals surface area contributed by atoms with Crippen LogP contribution in [0.3, 0.4) is 0 Å². The first kappa shape index (κ1) is 22.0. The Morgan fingerprint density at radius 3 is 2.70 bits per heavy atom. The first-order valence-corrected chi connectivity index (χ1v) is 10.2. The summed E-state index contributed by atoms with van der Waals surface area (Å²) in [5.74, 6) is 0.554. The van der Waals surface area contributed by atoms with Crippen molar-refractivity contribution in [1.29, 1.82) is 0 Å². The third-order valence-corrected chi connectivity index (χ3v) is 5.48. The van der Waals surface area contributed by atoms with E-state index >= 15 is 0 Å². The summed E-state index contributed by atoms with van der Waals surface area (Å²) in [5, 5.41) is 11.2. The van der Waals surface area contributed by atoms with Crippen LogP contribution in [0.15, 0.2) is 35.1 Å². The number of nitrogens with zero attached hydrogens (tertiary/aromatic N) is 3. The van der Waals surface area contributed by atoms with E-state index in [0.717, 1.165) is 11.3 Å². The van der Waals surface area contributed by atoms with Gasteiger partial charge in [-0.15, -0.1) is 0 Å². The lowest BCUT2D eigenvalue weighted by Gasteiger charge is -2.31. The molecule has 8 nitrogen and oxygen atoms in total. The van der Waals surface area contributed by atoms with Crippen LogP contribution in [0, 0.1) is 6.92 Å². The van der Waals surface area contributed by atoms with Gasteiger partial charge in [-0.2, -0.15) is 4.98 Å². The molecule has 162 valence electrons. The Morgan fingerprint density at radius 2 is 2.03 bits per heavy atom. The van der Waals surface area contributed by atoms with E-state index < -0.39 is 11.3 Å². The van der Waals surface area contributed by atoms with Gasteiger partial charge in [0.2, 0.25) is 0 Å². The second-order valence-electron chi connectivity index (χ2n) is 8.15. The lowest BCUT2D eigenvalue weighted by atomic mass is 9.94. The van der Waals surface area contributed by atoms with Gasteiger partial charge in [0.05, 0.1) is 12.7 Å². The number of hydrogen-bond donors (Lipinski definition) is 2. The van der Waals surface area contributed by atoms with Crippen LogP contribution in [-0.2, 0) is 6.54 Å². The zero-order chi connectivity index (χ0) is 21.7. The van der Waals surface area contributed by atoms with Crippen LogP contribution in [0.2, 0.25) is 0 Å². The predicted octanol–water partition coefficient (Wildman–Crippen LogP) is 1.58. The maximum absolute atomic E-state index is 12.8. The van der Waals surface area contributed by atoms with E-state index in [1.54, 1.807) is 25.0 Å².